The number of hydrogen-bond acceptors (Lipinski definition) is 3. The van der Waals surface area contributed by atoms with Gasteiger partial charge in [-0.25, -0.2) is 4.39 Å². The summed E-state index contributed by atoms with van der Waals surface area (Å²) >= 11 is 0. The third-order valence-electron chi connectivity index (χ3n) is 4.79. The second-order valence-electron chi connectivity index (χ2n) is 6.06. The maximum Gasteiger partial charge on any atom is 0.269 e. The Bertz CT molecular complexity index is 801. The lowest BCUT2D eigenvalue weighted by molar-refractivity contribution is -0.384. The molecule has 116 valence electrons. The lowest BCUT2D eigenvalue weighted by atomic mass is 9.77. The molecule has 2 aromatic carbocycles. The number of halogens is 1. The van der Waals surface area contributed by atoms with E-state index in [2.05, 4.69) is 17.5 Å². The Balaban J connectivity index is 1.73. The molecule has 1 N–H and O–H groups in total. The molecule has 0 bridgehead atoms. The van der Waals surface area contributed by atoms with E-state index in [4.69, 9.17) is 0 Å². The van der Waals surface area contributed by atoms with Crippen LogP contribution in [0.15, 0.2) is 54.6 Å². The van der Waals surface area contributed by atoms with Gasteiger partial charge in [0.15, 0.2) is 0 Å². The summed E-state index contributed by atoms with van der Waals surface area (Å²) in [6.07, 6.45) is 5.19. The highest BCUT2D eigenvalue weighted by molar-refractivity contribution is 5.60. The van der Waals surface area contributed by atoms with Crippen LogP contribution in [0.2, 0.25) is 0 Å². The molecular weight excluding hydrogens is 295 g/mol. The van der Waals surface area contributed by atoms with Crippen molar-refractivity contribution in [2.45, 2.75) is 18.4 Å². The van der Waals surface area contributed by atoms with Gasteiger partial charge in [-0.15, -0.1) is 0 Å². The molecule has 2 aliphatic rings. The zero-order valence-corrected chi connectivity index (χ0v) is 12.3. The van der Waals surface area contributed by atoms with E-state index < -0.39 is 4.92 Å². The van der Waals surface area contributed by atoms with Crippen molar-refractivity contribution in [2.75, 3.05) is 5.32 Å². The largest absolute Gasteiger partial charge is 0.378 e. The highest BCUT2D eigenvalue weighted by atomic mass is 19.1. The number of non-ortho nitro benzene ring substituents is 1. The van der Waals surface area contributed by atoms with Crippen molar-refractivity contribution in [1.82, 2.24) is 0 Å². The summed E-state index contributed by atoms with van der Waals surface area (Å²) < 4.78 is 13.6. The van der Waals surface area contributed by atoms with Crippen molar-refractivity contribution >= 4 is 11.4 Å². The Labute approximate surface area is 132 Å². The second kappa shape index (κ2) is 5.19. The Morgan fingerprint density at radius 2 is 1.96 bits per heavy atom. The molecule has 0 radical (unpaired) electrons. The van der Waals surface area contributed by atoms with Crippen LogP contribution in [0.4, 0.5) is 15.8 Å². The van der Waals surface area contributed by atoms with E-state index in [0.29, 0.717) is 5.92 Å². The molecule has 2 aromatic rings. The predicted octanol–water partition coefficient (Wildman–Crippen LogP) is 4.56. The fraction of sp³-hybridized carbons (Fsp3) is 0.222. The van der Waals surface area contributed by atoms with Gasteiger partial charge in [-0.1, -0.05) is 24.3 Å². The van der Waals surface area contributed by atoms with Gasteiger partial charge in [-0.2, -0.15) is 0 Å². The number of nitro groups is 1. The van der Waals surface area contributed by atoms with Crippen molar-refractivity contribution in [3.8, 4) is 0 Å². The molecular formula is C18H15FN2O2. The van der Waals surface area contributed by atoms with E-state index in [-0.39, 0.29) is 23.5 Å². The van der Waals surface area contributed by atoms with Crippen LogP contribution < -0.4 is 5.32 Å². The van der Waals surface area contributed by atoms with Crippen LogP contribution in [0.1, 0.15) is 29.5 Å². The summed E-state index contributed by atoms with van der Waals surface area (Å²) in [5.41, 5.74) is 3.03. The monoisotopic (exact) mass is 310 g/mol. The molecule has 0 unspecified atom stereocenters. The number of hydrogen-bond donors (Lipinski definition) is 1. The number of anilines is 1. The molecule has 1 aliphatic heterocycles. The van der Waals surface area contributed by atoms with Crippen LogP contribution in [-0.2, 0) is 0 Å². The second-order valence-corrected chi connectivity index (χ2v) is 6.06. The first-order valence-electron chi connectivity index (χ1n) is 7.60. The zero-order valence-electron chi connectivity index (χ0n) is 12.3. The maximum absolute atomic E-state index is 13.6. The summed E-state index contributed by atoms with van der Waals surface area (Å²) in [5, 5.41) is 14.3. The van der Waals surface area contributed by atoms with Crippen LogP contribution in [0.25, 0.3) is 0 Å². The molecule has 0 fully saturated rings. The minimum Gasteiger partial charge on any atom is -0.378 e. The zero-order chi connectivity index (χ0) is 16.0. The fourth-order valence-electron chi connectivity index (χ4n) is 3.70. The molecule has 1 heterocycles. The normalized spacial score (nSPS) is 24.7. The van der Waals surface area contributed by atoms with Gasteiger partial charge in [0.1, 0.15) is 5.82 Å². The van der Waals surface area contributed by atoms with Gasteiger partial charge < -0.3 is 5.32 Å². The lowest BCUT2D eigenvalue weighted by Crippen LogP contribution is -2.29. The molecule has 0 saturated heterocycles. The van der Waals surface area contributed by atoms with Crippen molar-refractivity contribution in [3.63, 3.8) is 0 Å². The van der Waals surface area contributed by atoms with E-state index in [1.165, 1.54) is 18.2 Å². The molecule has 4 rings (SSSR count). The van der Waals surface area contributed by atoms with Crippen LogP contribution >= 0.6 is 0 Å². The average molecular weight is 310 g/mol. The van der Waals surface area contributed by atoms with Crippen molar-refractivity contribution in [1.29, 1.82) is 0 Å². The van der Waals surface area contributed by atoms with Crippen LogP contribution in [0, 0.1) is 21.8 Å². The van der Waals surface area contributed by atoms with Crippen LogP contribution in [-0.4, -0.2) is 4.92 Å². The molecule has 0 aromatic heterocycles. The van der Waals surface area contributed by atoms with E-state index in [9.17, 15) is 14.5 Å². The van der Waals surface area contributed by atoms with E-state index in [1.54, 1.807) is 24.3 Å². The van der Waals surface area contributed by atoms with Crippen molar-refractivity contribution in [3.05, 3.63) is 81.7 Å². The predicted molar refractivity (Wildman–Crippen MR) is 85.8 cm³/mol. The summed E-state index contributed by atoms with van der Waals surface area (Å²) in [6, 6.07) is 11.6. The lowest BCUT2D eigenvalue weighted by Gasteiger charge is -2.37. The Morgan fingerprint density at radius 3 is 2.70 bits per heavy atom. The van der Waals surface area contributed by atoms with E-state index in [1.807, 2.05) is 0 Å². The minimum atomic E-state index is -0.393. The van der Waals surface area contributed by atoms with E-state index in [0.717, 1.165) is 23.2 Å². The molecule has 0 spiro atoms. The maximum atomic E-state index is 13.6. The van der Waals surface area contributed by atoms with Crippen molar-refractivity contribution in [2.24, 2.45) is 5.92 Å². The molecule has 0 amide bonds. The van der Waals surface area contributed by atoms with Gasteiger partial charge >= 0.3 is 0 Å². The van der Waals surface area contributed by atoms with Gasteiger partial charge in [-0.05, 0) is 41.7 Å². The number of fused-ring (bicyclic) bond motifs is 3. The number of nitrogens with zero attached hydrogens (tertiary/aromatic N) is 1. The molecule has 0 saturated carbocycles. The highest BCUT2D eigenvalue weighted by Gasteiger charge is 2.38. The first-order valence-corrected chi connectivity index (χ1v) is 7.60. The van der Waals surface area contributed by atoms with Gasteiger partial charge in [0.05, 0.1) is 11.0 Å². The summed E-state index contributed by atoms with van der Waals surface area (Å²) in [4.78, 5) is 10.4. The number of nitro benzene ring substituents is 1. The minimum absolute atomic E-state index is 0.0637. The molecule has 1 aliphatic carbocycles. The Kier molecular flexibility index (Phi) is 3.15. The number of rotatable bonds is 2. The quantitative estimate of drug-likeness (QED) is 0.502. The van der Waals surface area contributed by atoms with Gasteiger partial charge in [0.2, 0.25) is 0 Å². The number of nitrogens with one attached hydrogen (secondary N) is 1. The number of benzene rings is 2. The summed E-state index contributed by atoms with van der Waals surface area (Å²) in [7, 11) is 0. The third kappa shape index (κ3) is 2.29. The molecule has 5 heteroatoms. The van der Waals surface area contributed by atoms with Gasteiger partial charge in [0.25, 0.3) is 5.69 Å². The first kappa shape index (κ1) is 13.9. The Morgan fingerprint density at radius 1 is 1.17 bits per heavy atom. The highest BCUT2D eigenvalue weighted by Crippen LogP contribution is 2.49. The average Bonchev–Trinajstić information content (AvgIpc) is 3.04. The standard InChI is InChI=1S/C18H15FN2O2/c19-12-6-9-17-16(10-12)14-2-1-3-15(14)18(20-17)11-4-7-13(8-5-11)21(22)23/h1-2,4-10,14-15,18,20H,3H2/t14-,15+,18+/m1/s1. The summed E-state index contributed by atoms with van der Waals surface area (Å²) in [6.45, 7) is 0. The van der Waals surface area contributed by atoms with Gasteiger partial charge in [-0.3, -0.25) is 10.1 Å². The van der Waals surface area contributed by atoms with Crippen molar-refractivity contribution < 1.29 is 9.31 Å². The molecule has 4 nitrogen and oxygen atoms in total. The summed E-state index contributed by atoms with van der Waals surface area (Å²) in [5.74, 6) is 0.256. The van der Waals surface area contributed by atoms with Crippen LogP contribution in [0.3, 0.4) is 0 Å². The third-order valence-corrected chi connectivity index (χ3v) is 4.79. The first-order chi connectivity index (χ1) is 11.1. The molecule has 23 heavy (non-hydrogen) atoms. The van der Waals surface area contributed by atoms with Crippen LogP contribution in [0.5, 0.6) is 0 Å². The SMILES string of the molecule is O=[N+]([O-])c1ccc([C@@H]2Nc3ccc(F)cc3[C@@H]3C=CC[C@@H]32)cc1. The molecule has 3 atom stereocenters. The van der Waals surface area contributed by atoms with E-state index >= 15 is 0 Å². The fourth-order valence-corrected chi connectivity index (χ4v) is 3.70. The van der Waals surface area contributed by atoms with Gasteiger partial charge in [0, 0.05) is 23.7 Å². The Hall–Kier alpha value is -2.69. The topological polar surface area (TPSA) is 55.2 Å². The number of allylic oxidation sites excluding steroid dienone is 2. The smallest absolute Gasteiger partial charge is 0.269 e.